The highest BCUT2D eigenvalue weighted by molar-refractivity contribution is 7.99. The summed E-state index contributed by atoms with van der Waals surface area (Å²) in [6, 6.07) is 13.9. The summed E-state index contributed by atoms with van der Waals surface area (Å²) >= 11 is 1.50. The van der Waals surface area contributed by atoms with Crippen LogP contribution in [0.3, 0.4) is 0 Å². The third kappa shape index (κ3) is 4.27. The van der Waals surface area contributed by atoms with E-state index in [1.807, 2.05) is 50.2 Å². The van der Waals surface area contributed by atoms with E-state index in [4.69, 9.17) is 4.74 Å². The lowest BCUT2D eigenvalue weighted by molar-refractivity contribution is 0.126. The maximum absolute atomic E-state index is 10.1. The SMILES string of the molecule is Cc1ccc(OCC(O)CSc2nc3cc(C)ccc3[nH]2)cc1. The number of rotatable bonds is 6. The number of fused-ring (bicyclic) bond motifs is 1. The maximum Gasteiger partial charge on any atom is 0.166 e. The topological polar surface area (TPSA) is 58.1 Å². The Kier molecular flexibility index (Phi) is 4.88. The van der Waals surface area contributed by atoms with E-state index in [0.29, 0.717) is 5.75 Å². The predicted octanol–water partition coefficient (Wildman–Crippen LogP) is 3.71. The van der Waals surface area contributed by atoms with Gasteiger partial charge in [-0.2, -0.15) is 0 Å². The number of imidazole rings is 1. The van der Waals surface area contributed by atoms with Gasteiger partial charge in [-0.25, -0.2) is 4.98 Å². The second-order valence-corrected chi connectivity index (χ2v) is 6.66. The first kappa shape index (κ1) is 15.9. The molecule has 0 aliphatic carbocycles. The molecule has 3 aromatic rings. The number of aliphatic hydroxyl groups excluding tert-OH is 1. The van der Waals surface area contributed by atoms with Crippen LogP contribution < -0.4 is 4.74 Å². The smallest absolute Gasteiger partial charge is 0.166 e. The second-order valence-electron chi connectivity index (χ2n) is 5.65. The number of aliphatic hydroxyl groups is 1. The molecule has 23 heavy (non-hydrogen) atoms. The van der Waals surface area contributed by atoms with E-state index in [9.17, 15) is 5.11 Å². The van der Waals surface area contributed by atoms with Crippen molar-refractivity contribution in [3.05, 3.63) is 53.6 Å². The van der Waals surface area contributed by atoms with Crippen molar-refractivity contribution >= 4 is 22.8 Å². The molecule has 1 atom stereocenters. The Bertz CT molecular complexity index is 783. The van der Waals surface area contributed by atoms with Crippen LogP contribution in [0.5, 0.6) is 5.75 Å². The molecule has 0 fully saturated rings. The molecule has 4 nitrogen and oxygen atoms in total. The molecular weight excluding hydrogens is 308 g/mol. The van der Waals surface area contributed by atoms with E-state index in [1.165, 1.54) is 22.9 Å². The molecule has 0 saturated heterocycles. The number of hydrogen-bond acceptors (Lipinski definition) is 4. The van der Waals surface area contributed by atoms with Crippen molar-refractivity contribution in [2.24, 2.45) is 0 Å². The fourth-order valence-electron chi connectivity index (χ4n) is 2.21. The lowest BCUT2D eigenvalue weighted by atomic mass is 10.2. The fraction of sp³-hybridized carbons (Fsp3) is 0.278. The Balaban J connectivity index is 1.51. The predicted molar refractivity (Wildman–Crippen MR) is 94.2 cm³/mol. The van der Waals surface area contributed by atoms with Crippen LogP contribution in [-0.4, -0.2) is 33.5 Å². The standard InChI is InChI=1S/C18H20N2O2S/c1-12-3-6-15(7-4-12)22-10-14(21)11-23-18-19-16-8-5-13(2)9-17(16)20-18/h3-9,14,21H,10-11H2,1-2H3,(H,19,20). The molecule has 5 heteroatoms. The average Bonchev–Trinajstić information content (AvgIpc) is 2.94. The summed E-state index contributed by atoms with van der Waals surface area (Å²) in [5.74, 6) is 1.31. The summed E-state index contributed by atoms with van der Waals surface area (Å²) in [6.07, 6.45) is -0.545. The van der Waals surface area contributed by atoms with E-state index < -0.39 is 6.10 Å². The summed E-state index contributed by atoms with van der Waals surface area (Å²) in [4.78, 5) is 7.79. The number of ether oxygens (including phenoxy) is 1. The molecule has 0 aliphatic rings. The van der Waals surface area contributed by atoms with Crippen LogP contribution in [0.1, 0.15) is 11.1 Å². The summed E-state index contributed by atoms with van der Waals surface area (Å²) in [5.41, 5.74) is 4.35. The number of nitrogens with one attached hydrogen (secondary N) is 1. The van der Waals surface area contributed by atoms with Crippen molar-refractivity contribution in [1.29, 1.82) is 0 Å². The van der Waals surface area contributed by atoms with Crippen molar-refractivity contribution in [3.63, 3.8) is 0 Å². The highest BCUT2D eigenvalue weighted by atomic mass is 32.2. The molecule has 1 heterocycles. The third-order valence-electron chi connectivity index (χ3n) is 3.49. The lowest BCUT2D eigenvalue weighted by Crippen LogP contribution is -2.20. The van der Waals surface area contributed by atoms with Crippen molar-refractivity contribution in [2.75, 3.05) is 12.4 Å². The number of nitrogens with zero attached hydrogens (tertiary/aromatic N) is 1. The molecule has 2 aromatic carbocycles. The zero-order chi connectivity index (χ0) is 16.2. The number of hydrogen-bond donors (Lipinski definition) is 2. The third-order valence-corrected chi connectivity index (χ3v) is 4.51. The van der Waals surface area contributed by atoms with Gasteiger partial charge in [0.2, 0.25) is 0 Å². The molecule has 0 bridgehead atoms. The highest BCUT2D eigenvalue weighted by Crippen LogP contribution is 2.21. The normalized spacial score (nSPS) is 12.5. The molecule has 2 N–H and O–H groups in total. The Hall–Kier alpha value is -1.98. The van der Waals surface area contributed by atoms with Gasteiger partial charge >= 0.3 is 0 Å². The number of benzene rings is 2. The number of H-pyrrole nitrogens is 1. The van der Waals surface area contributed by atoms with E-state index in [2.05, 4.69) is 16.0 Å². The summed E-state index contributed by atoms with van der Waals surface area (Å²) in [5, 5.41) is 10.9. The van der Waals surface area contributed by atoms with Crippen molar-refractivity contribution in [1.82, 2.24) is 9.97 Å². The Morgan fingerprint density at radius 3 is 2.65 bits per heavy atom. The maximum atomic E-state index is 10.1. The minimum Gasteiger partial charge on any atom is -0.491 e. The summed E-state index contributed by atoms with van der Waals surface area (Å²) < 4.78 is 5.59. The number of aromatic nitrogens is 2. The zero-order valence-corrected chi connectivity index (χ0v) is 14.1. The van der Waals surface area contributed by atoms with Crippen LogP contribution >= 0.6 is 11.8 Å². The minimum atomic E-state index is -0.545. The monoisotopic (exact) mass is 328 g/mol. The molecule has 1 unspecified atom stereocenters. The lowest BCUT2D eigenvalue weighted by Gasteiger charge is -2.11. The Morgan fingerprint density at radius 1 is 1.13 bits per heavy atom. The van der Waals surface area contributed by atoms with Crippen LogP contribution in [0.15, 0.2) is 47.6 Å². The fourth-order valence-corrected chi connectivity index (χ4v) is 3.00. The largest absolute Gasteiger partial charge is 0.491 e. The highest BCUT2D eigenvalue weighted by Gasteiger charge is 2.09. The second kappa shape index (κ2) is 7.06. The van der Waals surface area contributed by atoms with Gasteiger partial charge in [-0.05, 0) is 43.7 Å². The van der Waals surface area contributed by atoms with E-state index >= 15 is 0 Å². The first-order chi connectivity index (χ1) is 11.1. The minimum absolute atomic E-state index is 0.273. The Labute approximate surface area is 139 Å². The van der Waals surface area contributed by atoms with Gasteiger partial charge in [0.1, 0.15) is 12.4 Å². The van der Waals surface area contributed by atoms with Gasteiger partial charge in [-0.15, -0.1) is 0 Å². The van der Waals surface area contributed by atoms with Gasteiger partial charge in [0.25, 0.3) is 0 Å². The number of thioether (sulfide) groups is 1. The first-order valence-electron chi connectivity index (χ1n) is 7.57. The molecule has 120 valence electrons. The van der Waals surface area contributed by atoms with Crippen LogP contribution in [0.2, 0.25) is 0 Å². The van der Waals surface area contributed by atoms with Crippen molar-refractivity contribution in [2.45, 2.75) is 25.1 Å². The van der Waals surface area contributed by atoms with Gasteiger partial charge in [-0.3, -0.25) is 0 Å². The van der Waals surface area contributed by atoms with Crippen molar-refractivity contribution in [3.8, 4) is 5.75 Å². The zero-order valence-electron chi connectivity index (χ0n) is 13.2. The van der Waals surface area contributed by atoms with E-state index in [-0.39, 0.29) is 6.61 Å². The van der Waals surface area contributed by atoms with Gasteiger partial charge < -0.3 is 14.8 Å². The molecule has 0 aliphatic heterocycles. The van der Waals surface area contributed by atoms with Gasteiger partial charge in [0, 0.05) is 5.75 Å². The van der Waals surface area contributed by atoms with Crippen LogP contribution in [0.25, 0.3) is 11.0 Å². The molecule has 0 amide bonds. The van der Waals surface area contributed by atoms with Gasteiger partial charge in [0.05, 0.1) is 17.1 Å². The average molecular weight is 328 g/mol. The van der Waals surface area contributed by atoms with Gasteiger partial charge in [0.15, 0.2) is 5.16 Å². The van der Waals surface area contributed by atoms with Gasteiger partial charge in [-0.1, -0.05) is 35.5 Å². The van der Waals surface area contributed by atoms with E-state index in [0.717, 1.165) is 21.9 Å². The molecule has 1 aromatic heterocycles. The van der Waals surface area contributed by atoms with Crippen LogP contribution in [-0.2, 0) is 0 Å². The number of aryl methyl sites for hydroxylation is 2. The van der Waals surface area contributed by atoms with Crippen LogP contribution in [0.4, 0.5) is 0 Å². The molecule has 0 radical (unpaired) electrons. The summed E-state index contributed by atoms with van der Waals surface area (Å²) in [7, 11) is 0. The van der Waals surface area contributed by atoms with Crippen molar-refractivity contribution < 1.29 is 9.84 Å². The molecule has 3 rings (SSSR count). The molecule has 0 saturated carbocycles. The molecule has 0 spiro atoms. The summed E-state index contributed by atoms with van der Waals surface area (Å²) in [6.45, 7) is 4.35. The molecular formula is C18H20N2O2S. The quantitative estimate of drug-likeness (QED) is 0.677. The van der Waals surface area contributed by atoms with E-state index in [1.54, 1.807) is 0 Å². The first-order valence-corrected chi connectivity index (χ1v) is 8.55. The van der Waals surface area contributed by atoms with Crippen LogP contribution in [0, 0.1) is 13.8 Å². The Morgan fingerprint density at radius 2 is 1.87 bits per heavy atom. The number of aromatic amines is 1.